The largest absolute Gasteiger partial charge is 0.397 e. The molecular formula is C10H15N3. The van der Waals surface area contributed by atoms with Crippen LogP contribution in [0.1, 0.15) is 6.42 Å². The van der Waals surface area contributed by atoms with Crippen molar-refractivity contribution in [3.8, 4) is 0 Å². The molecule has 3 nitrogen and oxygen atoms in total. The summed E-state index contributed by atoms with van der Waals surface area (Å²) in [5.74, 6) is 0. The Morgan fingerprint density at radius 2 is 2.08 bits per heavy atom. The first-order valence-electron chi connectivity index (χ1n) is 4.24. The Bertz CT molecular complexity index is 294. The monoisotopic (exact) mass is 177 g/mol. The van der Waals surface area contributed by atoms with E-state index in [-0.39, 0.29) is 0 Å². The third-order valence-corrected chi connectivity index (χ3v) is 1.76. The van der Waals surface area contributed by atoms with Crippen LogP contribution < -0.4 is 16.8 Å². The quantitative estimate of drug-likeness (QED) is 0.373. The summed E-state index contributed by atoms with van der Waals surface area (Å²) in [6.07, 6.45) is 2.80. The second-order valence-electron chi connectivity index (χ2n) is 2.85. The van der Waals surface area contributed by atoms with E-state index in [0.717, 1.165) is 18.7 Å². The van der Waals surface area contributed by atoms with Crippen LogP contribution >= 0.6 is 0 Å². The van der Waals surface area contributed by atoms with Gasteiger partial charge in [0.05, 0.1) is 11.4 Å². The fourth-order valence-corrected chi connectivity index (χ4v) is 1.00. The number of rotatable bonds is 4. The highest BCUT2D eigenvalue weighted by molar-refractivity contribution is 5.69. The van der Waals surface area contributed by atoms with Crippen molar-refractivity contribution in [2.45, 2.75) is 6.42 Å². The van der Waals surface area contributed by atoms with E-state index < -0.39 is 0 Å². The fraction of sp³-hybridized carbons (Fsp3) is 0.200. The van der Waals surface area contributed by atoms with Crippen molar-refractivity contribution < 1.29 is 0 Å². The lowest BCUT2D eigenvalue weighted by Gasteiger charge is -2.06. The van der Waals surface area contributed by atoms with Crippen molar-refractivity contribution in [1.82, 2.24) is 0 Å². The third-order valence-electron chi connectivity index (χ3n) is 1.76. The molecule has 0 aromatic heterocycles. The smallest absolute Gasteiger partial charge is 0.0568 e. The molecule has 0 aliphatic carbocycles. The first-order chi connectivity index (χ1) is 6.24. The Hall–Kier alpha value is -1.64. The van der Waals surface area contributed by atoms with Crippen LogP contribution in [-0.2, 0) is 0 Å². The molecule has 0 atom stereocenters. The van der Waals surface area contributed by atoms with Gasteiger partial charge in [-0.15, -0.1) is 6.58 Å². The summed E-state index contributed by atoms with van der Waals surface area (Å²) in [6.45, 7) is 4.51. The lowest BCUT2D eigenvalue weighted by molar-refractivity contribution is 1.07. The molecule has 70 valence electrons. The molecule has 0 saturated carbocycles. The topological polar surface area (TPSA) is 64.1 Å². The number of nitrogen functional groups attached to an aromatic ring is 2. The van der Waals surface area contributed by atoms with Gasteiger partial charge in [-0.2, -0.15) is 0 Å². The second-order valence-corrected chi connectivity index (χ2v) is 2.85. The van der Waals surface area contributed by atoms with Crippen LogP contribution in [-0.4, -0.2) is 6.54 Å². The van der Waals surface area contributed by atoms with Gasteiger partial charge in [-0.1, -0.05) is 6.08 Å². The van der Waals surface area contributed by atoms with E-state index in [9.17, 15) is 0 Å². The molecule has 0 radical (unpaired) electrons. The predicted molar refractivity (Wildman–Crippen MR) is 58.6 cm³/mol. The number of nitrogens with two attached hydrogens (primary N) is 2. The van der Waals surface area contributed by atoms with Gasteiger partial charge in [-0.3, -0.25) is 0 Å². The zero-order chi connectivity index (χ0) is 9.68. The lowest BCUT2D eigenvalue weighted by Crippen LogP contribution is -2.01. The second kappa shape index (κ2) is 4.40. The van der Waals surface area contributed by atoms with Crippen LogP contribution in [0, 0.1) is 0 Å². The van der Waals surface area contributed by atoms with E-state index in [0.29, 0.717) is 11.4 Å². The van der Waals surface area contributed by atoms with E-state index in [1.54, 1.807) is 6.07 Å². The molecule has 13 heavy (non-hydrogen) atoms. The van der Waals surface area contributed by atoms with E-state index >= 15 is 0 Å². The minimum atomic E-state index is 0.614. The molecule has 0 fully saturated rings. The van der Waals surface area contributed by atoms with Crippen molar-refractivity contribution >= 4 is 17.1 Å². The number of hydrogen-bond donors (Lipinski definition) is 3. The van der Waals surface area contributed by atoms with E-state index in [1.807, 2.05) is 18.2 Å². The van der Waals surface area contributed by atoms with Crippen LogP contribution in [0.3, 0.4) is 0 Å². The van der Waals surface area contributed by atoms with E-state index in [2.05, 4.69) is 11.9 Å². The van der Waals surface area contributed by atoms with E-state index in [4.69, 9.17) is 11.5 Å². The third kappa shape index (κ3) is 2.71. The minimum Gasteiger partial charge on any atom is -0.397 e. The number of anilines is 3. The molecule has 0 spiro atoms. The van der Waals surface area contributed by atoms with Crippen LogP contribution in [0.25, 0.3) is 0 Å². The maximum atomic E-state index is 5.64. The maximum Gasteiger partial charge on any atom is 0.0568 e. The first kappa shape index (κ1) is 9.45. The fourth-order valence-electron chi connectivity index (χ4n) is 1.00. The van der Waals surface area contributed by atoms with E-state index in [1.165, 1.54) is 0 Å². The highest BCUT2D eigenvalue weighted by Crippen LogP contribution is 2.19. The Morgan fingerprint density at radius 1 is 1.31 bits per heavy atom. The summed E-state index contributed by atoms with van der Waals surface area (Å²) >= 11 is 0. The number of nitrogens with one attached hydrogen (secondary N) is 1. The Morgan fingerprint density at radius 3 is 2.69 bits per heavy atom. The average Bonchev–Trinajstić information content (AvgIpc) is 2.12. The van der Waals surface area contributed by atoms with Gasteiger partial charge in [0, 0.05) is 12.2 Å². The Balaban J connectivity index is 2.57. The van der Waals surface area contributed by atoms with Crippen molar-refractivity contribution in [3.63, 3.8) is 0 Å². The predicted octanol–water partition coefficient (Wildman–Crippen LogP) is 1.84. The zero-order valence-electron chi connectivity index (χ0n) is 7.59. The molecule has 0 amide bonds. The van der Waals surface area contributed by atoms with Crippen LogP contribution in [0.5, 0.6) is 0 Å². The average molecular weight is 177 g/mol. The molecule has 3 heteroatoms. The standard InChI is InChI=1S/C10H15N3/c1-2-3-6-13-8-4-5-9(11)10(12)7-8/h2,4-5,7,13H,1,3,6,11-12H2. The van der Waals surface area contributed by atoms with Crippen LogP contribution in [0.2, 0.25) is 0 Å². The molecule has 0 aliphatic heterocycles. The summed E-state index contributed by atoms with van der Waals surface area (Å²) in [5, 5.41) is 3.21. The van der Waals surface area contributed by atoms with Crippen molar-refractivity contribution in [1.29, 1.82) is 0 Å². The molecule has 0 heterocycles. The molecule has 0 unspecified atom stereocenters. The number of benzene rings is 1. The first-order valence-corrected chi connectivity index (χ1v) is 4.24. The van der Waals surface area contributed by atoms with Crippen molar-refractivity contribution in [2.75, 3.05) is 23.3 Å². The molecule has 0 saturated heterocycles. The van der Waals surface area contributed by atoms with Crippen LogP contribution in [0.4, 0.5) is 17.1 Å². The molecule has 1 aromatic rings. The zero-order valence-corrected chi connectivity index (χ0v) is 7.59. The molecule has 0 bridgehead atoms. The highest BCUT2D eigenvalue weighted by atomic mass is 14.9. The van der Waals surface area contributed by atoms with Gasteiger partial charge < -0.3 is 16.8 Å². The van der Waals surface area contributed by atoms with Gasteiger partial charge in [0.15, 0.2) is 0 Å². The lowest BCUT2D eigenvalue weighted by atomic mass is 10.2. The summed E-state index contributed by atoms with van der Waals surface area (Å²) in [5.41, 5.74) is 13.4. The summed E-state index contributed by atoms with van der Waals surface area (Å²) in [4.78, 5) is 0. The van der Waals surface area contributed by atoms with Gasteiger partial charge in [-0.05, 0) is 24.6 Å². The Labute approximate surface area is 78.4 Å². The van der Waals surface area contributed by atoms with Gasteiger partial charge in [0.25, 0.3) is 0 Å². The van der Waals surface area contributed by atoms with Gasteiger partial charge in [0.1, 0.15) is 0 Å². The molecule has 5 N–H and O–H groups in total. The normalized spacial score (nSPS) is 9.54. The van der Waals surface area contributed by atoms with Gasteiger partial charge >= 0.3 is 0 Å². The minimum absolute atomic E-state index is 0.614. The maximum absolute atomic E-state index is 5.64. The summed E-state index contributed by atoms with van der Waals surface area (Å²) in [7, 11) is 0. The van der Waals surface area contributed by atoms with Gasteiger partial charge in [-0.25, -0.2) is 0 Å². The molecule has 1 aromatic carbocycles. The summed E-state index contributed by atoms with van der Waals surface area (Å²) in [6, 6.07) is 5.54. The number of hydrogen-bond acceptors (Lipinski definition) is 3. The van der Waals surface area contributed by atoms with Crippen molar-refractivity contribution in [3.05, 3.63) is 30.9 Å². The SMILES string of the molecule is C=CCCNc1ccc(N)c(N)c1. The Kier molecular flexibility index (Phi) is 3.20. The summed E-state index contributed by atoms with van der Waals surface area (Å²) < 4.78 is 0. The van der Waals surface area contributed by atoms with Crippen LogP contribution in [0.15, 0.2) is 30.9 Å². The molecule has 0 aliphatic rings. The molecular weight excluding hydrogens is 162 g/mol. The van der Waals surface area contributed by atoms with Gasteiger partial charge in [0.2, 0.25) is 0 Å². The molecule has 1 rings (SSSR count). The van der Waals surface area contributed by atoms with Crippen molar-refractivity contribution in [2.24, 2.45) is 0 Å². The highest BCUT2D eigenvalue weighted by Gasteiger charge is 1.95.